The van der Waals surface area contributed by atoms with Gasteiger partial charge in [0, 0.05) is 56.6 Å². The fourth-order valence-corrected chi connectivity index (χ4v) is 4.08. The number of hydrazone groups is 1. The van der Waals surface area contributed by atoms with Crippen LogP contribution in [0.1, 0.15) is 37.4 Å². The van der Waals surface area contributed by atoms with Gasteiger partial charge >= 0.3 is 5.69 Å². The summed E-state index contributed by atoms with van der Waals surface area (Å²) in [5.41, 5.74) is 0.903. The third-order valence-electron chi connectivity index (χ3n) is 5.67. The van der Waals surface area contributed by atoms with Crippen LogP contribution in [-0.2, 0) is 25.4 Å². The molecule has 0 radical (unpaired) electrons. The highest BCUT2D eigenvalue weighted by atomic mass is 16.3. The lowest BCUT2D eigenvalue weighted by molar-refractivity contribution is -0.130. The van der Waals surface area contributed by atoms with Gasteiger partial charge in [-0.05, 0) is 13.0 Å². The highest BCUT2D eigenvalue weighted by Crippen LogP contribution is 2.37. The van der Waals surface area contributed by atoms with E-state index < -0.39 is 23.2 Å². The minimum atomic E-state index is -0.644. The van der Waals surface area contributed by atoms with E-state index in [1.165, 1.54) is 26.0 Å². The van der Waals surface area contributed by atoms with E-state index in [0.717, 1.165) is 32.1 Å². The Morgan fingerprint density at radius 2 is 1.90 bits per heavy atom. The predicted octanol–water partition coefficient (Wildman–Crippen LogP) is 1.46. The number of rotatable bonds is 3. The van der Waals surface area contributed by atoms with Crippen molar-refractivity contribution in [1.29, 1.82) is 0 Å². The van der Waals surface area contributed by atoms with E-state index in [-0.39, 0.29) is 23.6 Å². The van der Waals surface area contributed by atoms with Gasteiger partial charge in [0.2, 0.25) is 11.8 Å². The summed E-state index contributed by atoms with van der Waals surface area (Å²) in [4.78, 5) is 37.2. The van der Waals surface area contributed by atoms with E-state index in [9.17, 15) is 19.5 Å². The van der Waals surface area contributed by atoms with Crippen molar-refractivity contribution in [2.24, 2.45) is 19.2 Å². The molecule has 1 aromatic carbocycles. The normalized spacial score (nSPS) is 16.3. The summed E-state index contributed by atoms with van der Waals surface area (Å²) in [6, 6.07) is 7.50. The van der Waals surface area contributed by atoms with Crippen molar-refractivity contribution in [1.82, 2.24) is 18.7 Å². The molecule has 156 valence electrons. The lowest BCUT2D eigenvalue weighted by Gasteiger charge is -2.19. The van der Waals surface area contributed by atoms with Gasteiger partial charge in [-0.25, -0.2) is 9.80 Å². The molecule has 3 heterocycles. The predicted molar refractivity (Wildman–Crippen MR) is 113 cm³/mol. The number of carbonyl (C=O) groups excluding carboxylic acids is 1. The van der Waals surface area contributed by atoms with Crippen LogP contribution in [0.3, 0.4) is 0 Å². The van der Waals surface area contributed by atoms with Crippen molar-refractivity contribution in [3.63, 3.8) is 0 Å². The fourth-order valence-electron chi connectivity index (χ4n) is 4.08. The fraction of sp³-hybridized carbons (Fsp3) is 0.333. The molecule has 3 aromatic rings. The maximum Gasteiger partial charge on any atom is 0.333 e. The Bertz CT molecular complexity index is 1330. The summed E-state index contributed by atoms with van der Waals surface area (Å²) in [6.07, 6.45) is 2.25. The zero-order valence-corrected chi connectivity index (χ0v) is 17.3. The number of aromatic nitrogens is 3. The van der Waals surface area contributed by atoms with E-state index in [4.69, 9.17) is 0 Å². The lowest BCUT2D eigenvalue weighted by Crippen LogP contribution is -2.39. The molecule has 1 atom stereocenters. The van der Waals surface area contributed by atoms with Gasteiger partial charge in [0.25, 0.3) is 5.56 Å². The first kappa shape index (κ1) is 19.7. The van der Waals surface area contributed by atoms with Crippen LogP contribution in [0.5, 0.6) is 5.88 Å². The second-order valence-electron chi connectivity index (χ2n) is 7.42. The number of fused-ring (bicyclic) bond motifs is 1. The van der Waals surface area contributed by atoms with Gasteiger partial charge in [-0.3, -0.25) is 18.7 Å². The smallest absolute Gasteiger partial charge is 0.333 e. The number of hydrogen-bond donors (Lipinski definition) is 1. The van der Waals surface area contributed by atoms with Crippen molar-refractivity contribution in [3.05, 3.63) is 62.4 Å². The van der Waals surface area contributed by atoms with Crippen LogP contribution in [0.2, 0.25) is 0 Å². The van der Waals surface area contributed by atoms with Crippen molar-refractivity contribution < 1.29 is 9.90 Å². The van der Waals surface area contributed by atoms with E-state index in [1.807, 2.05) is 37.4 Å². The quantitative estimate of drug-likeness (QED) is 0.708. The Morgan fingerprint density at radius 1 is 1.20 bits per heavy atom. The monoisotopic (exact) mass is 409 g/mol. The zero-order chi connectivity index (χ0) is 21.7. The van der Waals surface area contributed by atoms with Crippen LogP contribution in [0.4, 0.5) is 0 Å². The molecule has 2 aromatic heterocycles. The summed E-state index contributed by atoms with van der Waals surface area (Å²) >= 11 is 0. The molecular weight excluding hydrogens is 386 g/mol. The van der Waals surface area contributed by atoms with Gasteiger partial charge in [-0.1, -0.05) is 18.2 Å². The van der Waals surface area contributed by atoms with Crippen molar-refractivity contribution >= 4 is 22.5 Å². The molecule has 1 N–H and O–H groups in total. The maximum atomic E-state index is 12.7. The van der Waals surface area contributed by atoms with Crippen LogP contribution in [0.15, 0.2) is 45.2 Å². The molecule has 30 heavy (non-hydrogen) atoms. The molecule has 0 fully saturated rings. The highest BCUT2D eigenvalue weighted by Gasteiger charge is 2.36. The third kappa shape index (κ3) is 2.77. The van der Waals surface area contributed by atoms with E-state index in [0.29, 0.717) is 0 Å². The second-order valence-corrected chi connectivity index (χ2v) is 7.42. The minimum Gasteiger partial charge on any atom is -0.494 e. The summed E-state index contributed by atoms with van der Waals surface area (Å²) in [6.45, 7) is 4.22. The SMILES string of the molecule is CCn1cc(C2CC(c3c(O)n(C)c(=O)n(C)c3=O)=NN2C(C)=O)c2ccccc21. The molecule has 0 saturated carbocycles. The first-order valence-corrected chi connectivity index (χ1v) is 9.70. The van der Waals surface area contributed by atoms with Gasteiger partial charge in [0.1, 0.15) is 5.56 Å². The number of carbonyl (C=O) groups is 1. The highest BCUT2D eigenvalue weighted by molar-refractivity contribution is 6.05. The molecule has 1 aliphatic heterocycles. The van der Waals surface area contributed by atoms with Crippen LogP contribution in [-0.4, -0.2) is 35.4 Å². The summed E-state index contributed by atoms with van der Waals surface area (Å²) in [5.74, 6) is -0.730. The lowest BCUT2D eigenvalue weighted by atomic mass is 9.98. The Hall–Kier alpha value is -3.62. The summed E-state index contributed by atoms with van der Waals surface area (Å²) in [7, 11) is 2.73. The Kier molecular flexibility index (Phi) is 4.60. The Balaban J connectivity index is 1.88. The molecule has 0 aliphatic carbocycles. The van der Waals surface area contributed by atoms with Gasteiger partial charge in [-0.15, -0.1) is 0 Å². The van der Waals surface area contributed by atoms with Crippen LogP contribution in [0, 0.1) is 0 Å². The van der Waals surface area contributed by atoms with Crippen molar-refractivity contribution in [3.8, 4) is 5.88 Å². The maximum absolute atomic E-state index is 12.7. The molecule has 0 bridgehead atoms. The third-order valence-corrected chi connectivity index (χ3v) is 5.67. The Morgan fingerprint density at radius 3 is 2.57 bits per heavy atom. The Labute approximate surface area is 172 Å². The molecule has 9 heteroatoms. The topological polar surface area (TPSA) is 102 Å². The van der Waals surface area contributed by atoms with Crippen LogP contribution >= 0.6 is 0 Å². The average molecular weight is 409 g/mol. The molecular formula is C21H23N5O4. The standard InChI is InChI=1S/C21H23N5O4/c1-5-25-11-14(13-8-6-7-9-16(13)25)17-10-15(22-26(17)12(2)27)18-19(28)23(3)21(30)24(4)20(18)29/h6-9,11,17,28H,5,10H2,1-4H3. The largest absolute Gasteiger partial charge is 0.494 e. The molecule has 1 unspecified atom stereocenters. The van der Waals surface area contributed by atoms with Gasteiger partial charge < -0.3 is 9.67 Å². The van der Waals surface area contributed by atoms with Crippen LogP contribution < -0.4 is 11.2 Å². The number of amides is 1. The zero-order valence-electron chi connectivity index (χ0n) is 17.3. The van der Waals surface area contributed by atoms with Crippen molar-refractivity contribution in [2.75, 3.05) is 0 Å². The van der Waals surface area contributed by atoms with Gasteiger partial charge in [0.05, 0.1) is 11.8 Å². The summed E-state index contributed by atoms with van der Waals surface area (Å²) < 4.78 is 4.02. The van der Waals surface area contributed by atoms with Crippen LogP contribution in [0.25, 0.3) is 10.9 Å². The van der Waals surface area contributed by atoms with Gasteiger partial charge in [0.15, 0.2) is 0 Å². The van der Waals surface area contributed by atoms with E-state index in [2.05, 4.69) is 9.67 Å². The molecule has 1 aliphatic rings. The first-order valence-electron chi connectivity index (χ1n) is 9.70. The number of benzene rings is 1. The number of hydrogen-bond acceptors (Lipinski definition) is 5. The second kappa shape index (κ2) is 7.01. The van der Waals surface area contributed by atoms with Crippen molar-refractivity contribution in [2.45, 2.75) is 32.9 Å². The molecule has 4 rings (SSSR count). The number of aromatic hydroxyl groups is 1. The van der Waals surface area contributed by atoms with E-state index in [1.54, 1.807) is 0 Å². The molecule has 0 spiro atoms. The molecule has 1 amide bonds. The first-order chi connectivity index (χ1) is 14.3. The molecule has 0 saturated heterocycles. The number of aryl methyl sites for hydroxylation is 1. The average Bonchev–Trinajstić information content (AvgIpc) is 3.33. The minimum absolute atomic E-state index is 0.0624. The number of nitrogens with zero attached hydrogens (tertiary/aromatic N) is 5. The van der Waals surface area contributed by atoms with E-state index >= 15 is 0 Å². The molecule has 9 nitrogen and oxygen atoms in total. The summed E-state index contributed by atoms with van der Waals surface area (Å²) in [5, 5.41) is 17.2. The van der Waals surface area contributed by atoms with Gasteiger partial charge in [-0.2, -0.15) is 5.10 Å². The number of para-hydroxylation sites is 1.